The van der Waals surface area contributed by atoms with Crippen molar-refractivity contribution >= 4 is 11.6 Å². The van der Waals surface area contributed by atoms with E-state index in [4.69, 9.17) is 0 Å². The van der Waals surface area contributed by atoms with E-state index in [9.17, 15) is 4.79 Å². The van der Waals surface area contributed by atoms with E-state index in [-0.39, 0.29) is 11.3 Å². The van der Waals surface area contributed by atoms with Crippen molar-refractivity contribution < 1.29 is 4.79 Å². The van der Waals surface area contributed by atoms with Crippen molar-refractivity contribution in [3.8, 4) is 0 Å². The summed E-state index contributed by atoms with van der Waals surface area (Å²) in [6.07, 6.45) is 0.812. The van der Waals surface area contributed by atoms with Crippen molar-refractivity contribution in [1.29, 1.82) is 0 Å². The predicted octanol–water partition coefficient (Wildman–Crippen LogP) is 5.02. The molecule has 2 heteroatoms. The first-order valence-corrected chi connectivity index (χ1v) is 8.64. The molecule has 25 heavy (non-hydrogen) atoms. The first-order valence-electron chi connectivity index (χ1n) is 8.64. The number of nitrogens with one attached hydrogen (secondary N) is 1. The van der Waals surface area contributed by atoms with Crippen molar-refractivity contribution in [2.75, 3.05) is 5.32 Å². The minimum Gasteiger partial charge on any atom is -0.326 e. The largest absolute Gasteiger partial charge is 0.326 e. The molecule has 2 nitrogen and oxygen atoms in total. The standard InChI is InChI=1S/C23H21NO/c1-22(21(25)24-20-15-9-4-10-16-20)17-23(22,18-11-5-2-6-12-18)19-13-7-3-8-14-19/h2-16H,17H2,1H3,(H,24,25). The van der Waals surface area contributed by atoms with Gasteiger partial charge in [0, 0.05) is 11.1 Å². The molecule has 1 saturated carbocycles. The van der Waals surface area contributed by atoms with Gasteiger partial charge in [-0.3, -0.25) is 4.79 Å². The average molecular weight is 327 g/mol. The van der Waals surface area contributed by atoms with Crippen LogP contribution in [0.2, 0.25) is 0 Å². The number of hydrogen-bond donors (Lipinski definition) is 1. The maximum Gasteiger partial charge on any atom is 0.231 e. The van der Waals surface area contributed by atoms with Gasteiger partial charge in [0.15, 0.2) is 0 Å². The number of rotatable bonds is 4. The summed E-state index contributed by atoms with van der Waals surface area (Å²) in [6.45, 7) is 2.07. The molecule has 3 aromatic rings. The van der Waals surface area contributed by atoms with Crippen molar-refractivity contribution in [3.63, 3.8) is 0 Å². The molecule has 0 saturated heterocycles. The molecule has 1 amide bonds. The average Bonchev–Trinajstić information content (AvgIpc) is 3.33. The van der Waals surface area contributed by atoms with Gasteiger partial charge in [0.25, 0.3) is 0 Å². The Morgan fingerprint density at radius 2 is 1.20 bits per heavy atom. The minimum absolute atomic E-state index is 0.0754. The zero-order valence-electron chi connectivity index (χ0n) is 14.3. The lowest BCUT2D eigenvalue weighted by molar-refractivity contribution is -0.121. The van der Waals surface area contributed by atoms with Crippen LogP contribution in [-0.2, 0) is 10.2 Å². The van der Waals surface area contributed by atoms with Crippen LogP contribution in [0.3, 0.4) is 0 Å². The zero-order valence-corrected chi connectivity index (χ0v) is 14.3. The number of benzene rings is 3. The van der Waals surface area contributed by atoms with E-state index >= 15 is 0 Å². The normalized spacial score (nSPS) is 20.7. The lowest BCUT2D eigenvalue weighted by Crippen LogP contribution is -2.30. The van der Waals surface area contributed by atoms with Crippen molar-refractivity contribution in [1.82, 2.24) is 0 Å². The van der Waals surface area contributed by atoms with Crippen LogP contribution in [0.15, 0.2) is 91.0 Å². The summed E-state index contributed by atoms with van der Waals surface area (Å²) in [4.78, 5) is 13.1. The topological polar surface area (TPSA) is 29.1 Å². The highest BCUT2D eigenvalue weighted by atomic mass is 16.2. The van der Waals surface area contributed by atoms with Crippen LogP contribution in [0.4, 0.5) is 5.69 Å². The monoisotopic (exact) mass is 327 g/mol. The Hall–Kier alpha value is -2.87. The molecule has 0 spiro atoms. The molecule has 0 aliphatic heterocycles. The Balaban J connectivity index is 1.74. The van der Waals surface area contributed by atoms with Crippen LogP contribution in [0.5, 0.6) is 0 Å². The van der Waals surface area contributed by atoms with E-state index in [2.05, 4.69) is 36.5 Å². The van der Waals surface area contributed by atoms with Gasteiger partial charge in [-0.05, 0) is 36.6 Å². The predicted molar refractivity (Wildman–Crippen MR) is 101 cm³/mol. The fourth-order valence-corrected chi connectivity index (χ4v) is 4.00. The summed E-state index contributed by atoms with van der Waals surface area (Å²) in [5, 5.41) is 3.10. The number of carbonyl (C=O) groups is 1. The van der Waals surface area contributed by atoms with E-state index in [1.54, 1.807) is 0 Å². The van der Waals surface area contributed by atoms with E-state index in [0.717, 1.165) is 12.1 Å². The summed E-state index contributed by atoms with van der Waals surface area (Å²) >= 11 is 0. The molecule has 0 bridgehead atoms. The Morgan fingerprint density at radius 1 is 0.760 bits per heavy atom. The fourth-order valence-electron chi connectivity index (χ4n) is 4.00. The van der Waals surface area contributed by atoms with Crippen molar-refractivity contribution in [2.45, 2.75) is 18.8 Å². The molecular formula is C23H21NO. The van der Waals surface area contributed by atoms with Gasteiger partial charge in [-0.25, -0.2) is 0 Å². The highest BCUT2D eigenvalue weighted by molar-refractivity contribution is 6.00. The molecule has 4 rings (SSSR count). The van der Waals surface area contributed by atoms with Crippen molar-refractivity contribution in [2.24, 2.45) is 5.41 Å². The van der Waals surface area contributed by atoms with Gasteiger partial charge in [-0.1, -0.05) is 78.9 Å². The Kier molecular flexibility index (Phi) is 3.69. The third-order valence-corrected chi connectivity index (χ3v) is 5.50. The second-order valence-electron chi connectivity index (χ2n) is 6.97. The summed E-state index contributed by atoms with van der Waals surface area (Å²) in [5.74, 6) is 0.0754. The molecule has 1 aliphatic carbocycles. The molecule has 1 atom stereocenters. The smallest absolute Gasteiger partial charge is 0.231 e. The molecule has 124 valence electrons. The SMILES string of the molecule is CC1(C(=O)Nc2ccccc2)CC1(c1ccccc1)c1ccccc1. The maximum absolute atomic E-state index is 13.1. The Morgan fingerprint density at radius 3 is 1.68 bits per heavy atom. The Bertz CT molecular complexity index is 834. The molecule has 0 radical (unpaired) electrons. The molecule has 0 heterocycles. The second-order valence-corrected chi connectivity index (χ2v) is 6.97. The molecule has 1 N–H and O–H groups in total. The quantitative estimate of drug-likeness (QED) is 0.716. The van der Waals surface area contributed by atoms with Gasteiger partial charge in [0.05, 0.1) is 5.41 Å². The van der Waals surface area contributed by atoms with Gasteiger partial charge in [0.1, 0.15) is 0 Å². The van der Waals surface area contributed by atoms with E-state index in [1.807, 2.05) is 66.7 Å². The van der Waals surface area contributed by atoms with E-state index < -0.39 is 5.41 Å². The van der Waals surface area contributed by atoms with Gasteiger partial charge in [0.2, 0.25) is 5.91 Å². The molecule has 1 unspecified atom stereocenters. The van der Waals surface area contributed by atoms with Crippen LogP contribution in [-0.4, -0.2) is 5.91 Å². The lowest BCUT2D eigenvalue weighted by atomic mass is 9.80. The highest BCUT2D eigenvalue weighted by Gasteiger charge is 2.70. The highest BCUT2D eigenvalue weighted by Crippen LogP contribution is 2.68. The summed E-state index contributed by atoms with van der Waals surface area (Å²) in [6, 6.07) is 30.4. The number of carbonyl (C=O) groups excluding carboxylic acids is 1. The van der Waals surface area contributed by atoms with Gasteiger partial charge < -0.3 is 5.32 Å². The van der Waals surface area contributed by atoms with Gasteiger partial charge >= 0.3 is 0 Å². The van der Waals surface area contributed by atoms with Crippen LogP contribution < -0.4 is 5.32 Å². The Labute approximate surface area is 148 Å². The molecule has 3 aromatic carbocycles. The van der Waals surface area contributed by atoms with E-state index in [0.29, 0.717) is 0 Å². The second kappa shape index (κ2) is 5.89. The van der Waals surface area contributed by atoms with Crippen LogP contribution >= 0.6 is 0 Å². The summed E-state index contributed by atoms with van der Waals surface area (Å²) in [5.41, 5.74) is 2.51. The van der Waals surface area contributed by atoms with Gasteiger partial charge in [-0.15, -0.1) is 0 Å². The van der Waals surface area contributed by atoms with Crippen molar-refractivity contribution in [3.05, 3.63) is 102 Å². The van der Waals surface area contributed by atoms with Crippen LogP contribution in [0.25, 0.3) is 0 Å². The van der Waals surface area contributed by atoms with Gasteiger partial charge in [-0.2, -0.15) is 0 Å². The lowest BCUT2D eigenvalue weighted by Gasteiger charge is -2.24. The third kappa shape index (κ3) is 2.45. The zero-order chi connectivity index (χ0) is 17.3. The summed E-state index contributed by atoms with van der Waals surface area (Å²) in [7, 11) is 0. The number of amides is 1. The first-order chi connectivity index (χ1) is 12.2. The number of hydrogen-bond acceptors (Lipinski definition) is 1. The molecule has 1 aliphatic rings. The summed E-state index contributed by atoms with van der Waals surface area (Å²) < 4.78 is 0. The van der Waals surface area contributed by atoms with E-state index in [1.165, 1.54) is 11.1 Å². The fraction of sp³-hybridized carbons (Fsp3) is 0.174. The van der Waals surface area contributed by atoms with Crippen LogP contribution in [0.1, 0.15) is 24.5 Å². The number of anilines is 1. The minimum atomic E-state index is -0.467. The molecular weight excluding hydrogens is 306 g/mol. The number of para-hydroxylation sites is 1. The van der Waals surface area contributed by atoms with Crippen LogP contribution in [0, 0.1) is 5.41 Å². The maximum atomic E-state index is 13.1. The first kappa shape index (κ1) is 15.6. The third-order valence-electron chi connectivity index (χ3n) is 5.50. The molecule has 1 fully saturated rings. The molecule has 0 aromatic heterocycles.